The third-order valence-electron chi connectivity index (χ3n) is 18.9. The first-order valence-electron chi connectivity index (χ1n) is 24.8. The Kier molecular flexibility index (Phi) is 13.5. The molecule has 8 aromatic rings. The zero-order valence-electron chi connectivity index (χ0n) is 47.0. The van der Waals surface area contributed by atoms with Gasteiger partial charge in [-0.2, -0.15) is 0 Å². The van der Waals surface area contributed by atoms with E-state index in [1.165, 1.54) is 210 Å². The number of fused-ring (bicyclic) bond motifs is 6. The van der Waals surface area contributed by atoms with Crippen molar-refractivity contribution in [1.29, 1.82) is 0 Å². The van der Waals surface area contributed by atoms with E-state index in [4.69, 9.17) is 0 Å². The Morgan fingerprint density at radius 3 is 0.288 bits per heavy atom. The van der Waals surface area contributed by atoms with Gasteiger partial charge in [-0.25, -0.2) is 0 Å². The minimum absolute atomic E-state index is 1.44. The van der Waals surface area contributed by atoms with E-state index < -0.39 is 0 Å². The topological polar surface area (TPSA) is 0 Å². The molecule has 0 atom stereocenters. The molecule has 348 valence electrons. The maximum Gasteiger partial charge on any atom is -0.00649 e. The van der Waals surface area contributed by atoms with E-state index in [9.17, 15) is 0 Å². The van der Waals surface area contributed by atoms with Crippen molar-refractivity contribution in [3.8, 4) is 0 Å². The van der Waals surface area contributed by atoms with Crippen LogP contribution in [0.4, 0.5) is 0 Å². The lowest BCUT2D eigenvalue weighted by Crippen LogP contribution is -2.03. The van der Waals surface area contributed by atoms with Crippen LogP contribution in [0.3, 0.4) is 0 Å². The van der Waals surface area contributed by atoms with Crippen molar-refractivity contribution in [1.82, 2.24) is 0 Å². The van der Waals surface area contributed by atoms with Crippen LogP contribution in [-0.2, 0) is 0 Å². The van der Waals surface area contributed by atoms with E-state index in [2.05, 4.69) is 194 Å². The summed E-state index contributed by atoms with van der Waals surface area (Å²) in [6.45, 7) is 63.9. The first-order valence-corrected chi connectivity index (χ1v) is 24.8. The van der Waals surface area contributed by atoms with Crippen LogP contribution in [0.15, 0.2) is 0 Å². The molecule has 0 saturated carbocycles. The van der Waals surface area contributed by atoms with Crippen LogP contribution in [0, 0.1) is 194 Å². The molecule has 0 fully saturated rings. The molecule has 0 radical (unpaired) electrons. The molecule has 0 heterocycles. The number of rotatable bonds is 0. The predicted molar refractivity (Wildman–Crippen MR) is 299 cm³/mol. The van der Waals surface area contributed by atoms with Crippen molar-refractivity contribution in [3.63, 3.8) is 0 Å². The molecule has 0 spiro atoms. The number of hydrogen-bond donors (Lipinski definition) is 0. The summed E-state index contributed by atoms with van der Waals surface area (Å²) < 4.78 is 0. The van der Waals surface area contributed by atoms with Crippen LogP contribution < -0.4 is 0 Å². The van der Waals surface area contributed by atoms with E-state index in [1.54, 1.807) is 0 Å². The molecular weight excluding hydrogens is 793 g/mol. The molecule has 0 N–H and O–H groups in total. The molecule has 0 saturated heterocycles. The zero-order valence-corrected chi connectivity index (χ0v) is 47.0. The summed E-state index contributed by atoms with van der Waals surface area (Å²) in [7, 11) is 0. The van der Waals surface area contributed by atoms with E-state index in [1.807, 2.05) is 0 Å². The summed E-state index contributed by atoms with van der Waals surface area (Å²) in [4.78, 5) is 0. The predicted octanol–water partition coefficient (Wildman–Crippen LogP) is 19.5. The molecule has 8 aromatic carbocycles. The van der Waals surface area contributed by atoms with Gasteiger partial charge < -0.3 is 0 Å². The van der Waals surface area contributed by atoms with Gasteiger partial charge in [-0.1, -0.05) is 0 Å². The van der Waals surface area contributed by atoms with Gasteiger partial charge in [0.1, 0.15) is 0 Å². The van der Waals surface area contributed by atoms with E-state index in [-0.39, 0.29) is 0 Å². The highest BCUT2D eigenvalue weighted by molar-refractivity contribution is 6.16. The monoisotopic (exact) mass is 877 g/mol. The van der Waals surface area contributed by atoms with Crippen LogP contribution in [0.25, 0.3) is 53.9 Å². The molecule has 66 heavy (non-hydrogen) atoms. The fourth-order valence-corrected chi connectivity index (χ4v) is 12.5. The Hall–Kier alpha value is -4.94. The van der Waals surface area contributed by atoms with Crippen molar-refractivity contribution < 1.29 is 0 Å². The molecule has 0 aliphatic rings. The summed E-state index contributed by atoms with van der Waals surface area (Å²) in [5.74, 6) is 0. The molecule has 0 bridgehead atoms. The Labute approximate surface area is 401 Å². The SMILES string of the molecule is Cc1c(C)c(C)c2c(C)c(C)c(C)c(C)c2c1C.Cc1c(C)c(C)c2c(C)c3c(C)c(C)c(C)c(C)c3c(C)c2c1C.Cc1c(C)c(C)c2c(c1C)c(C)c(C)c1c(C)c(C)c(C)c(C)c12. The summed E-state index contributed by atoms with van der Waals surface area (Å²) in [5.41, 5.74) is 40.6. The van der Waals surface area contributed by atoms with Gasteiger partial charge in [-0.15, -0.1) is 0 Å². The Morgan fingerprint density at radius 2 is 0.152 bits per heavy atom. The lowest BCUT2D eigenvalue weighted by Gasteiger charge is -2.24. The Balaban J connectivity index is 0.000000166. The molecule has 0 unspecified atom stereocenters. The molecule has 0 heteroatoms. The van der Waals surface area contributed by atoms with Crippen molar-refractivity contribution in [2.24, 2.45) is 0 Å². The zero-order chi connectivity index (χ0) is 49.9. The quantitative estimate of drug-likeness (QED) is 0.105. The molecule has 0 aromatic heterocycles. The van der Waals surface area contributed by atoms with Gasteiger partial charge in [0, 0.05) is 0 Å². The Morgan fingerprint density at radius 1 is 0.0758 bits per heavy atom. The maximum atomic E-state index is 2.33. The molecule has 0 nitrogen and oxygen atoms in total. The molecule has 0 amide bonds. The van der Waals surface area contributed by atoms with Crippen molar-refractivity contribution >= 4 is 53.9 Å². The van der Waals surface area contributed by atoms with Crippen molar-refractivity contribution in [3.05, 3.63) is 156 Å². The van der Waals surface area contributed by atoms with E-state index in [0.717, 1.165) is 0 Å². The number of aryl methyl sites for hydroxylation is 16. The second-order valence-corrected chi connectivity index (χ2v) is 21.2. The fraction of sp³-hybridized carbons (Fsp3) is 0.424. The van der Waals surface area contributed by atoms with Gasteiger partial charge in [0.15, 0.2) is 0 Å². The summed E-state index contributed by atoms with van der Waals surface area (Å²) >= 11 is 0. The highest BCUT2D eigenvalue weighted by Gasteiger charge is 2.23. The van der Waals surface area contributed by atoms with E-state index >= 15 is 0 Å². The Bertz CT molecular complexity index is 3040. The van der Waals surface area contributed by atoms with Gasteiger partial charge >= 0.3 is 0 Å². The molecule has 0 aliphatic heterocycles. The van der Waals surface area contributed by atoms with Crippen molar-refractivity contribution in [2.75, 3.05) is 0 Å². The van der Waals surface area contributed by atoms with Gasteiger partial charge in [-0.3, -0.25) is 0 Å². The average Bonchev–Trinajstić information content (AvgIpc) is 3.28. The summed E-state index contributed by atoms with van der Waals surface area (Å²) in [6.07, 6.45) is 0. The second-order valence-electron chi connectivity index (χ2n) is 21.2. The second kappa shape index (κ2) is 17.6. The summed E-state index contributed by atoms with van der Waals surface area (Å²) in [5, 5.41) is 14.8. The van der Waals surface area contributed by atoms with E-state index in [0.29, 0.717) is 0 Å². The van der Waals surface area contributed by atoms with Gasteiger partial charge in [0.25, 0.3) is 0 Å². The fourth-order valence-electron chi connectivity index (χ4n) is 12.5. The number of hydrogen-bond acceptors (Lipinski definition) is 0. The number of benzene rings is 8. The normalized spacial score (nSPS) is 11.6. The lowest BCUT2D eigenvalue weighted by atomic mass is 9.80. The maximum absolute atomic E-state index is 2.33. The average molecular weight is 877 g/mol. The highest BCUT2D eigenvalue weighted by Crippen LogP contribution is 2.45. The van der Waals surface area contributed by atoms with Gasteiger partial charge in [-0.05, 0) is 404 Å². The van der Waals surface area contributed by atoms with Crippen LogP contribution in [0.2, 0.25) is 0 Å². The van der Waals surface area contributed by atoms with Crippen molar-refractivity contribution in [2.45, 2.75) is 194 Å². The molecule has 0 aliphatic carbocycles. The standard InChI is InChI=1S/2C24H30.C18H24/c1-11-13(3)17(7)23-21(15(11)5)19(9)20(10)22-16(6)12(2)14(4)18(8)24(22)23;1-11-12(2)16(6)22-20(10)24-18(8)14(4)13(3)17(7)23(24)19(9)21(22)15(11)5;1-9-10(2)14(6)18-16(8)12(4)11(3)15(7)17(18)13(9)5/h2*1-10H3;1-8H3. The minimum Gasteiger partial charge on any atom is -0.0444 e. The molecule has 8 rings (SSSR count). The highest BCUT2D eigenvalue weighted by atomic mass is 14.3. The lowest BCUT2D eigenvalue weighted by molar-refractivity contribution is 1.20. The van der Waals surface area contributed by atoms with Crippen LogP contribution in [-0.4, -0.2) is 0 Å². The first kappa shape index (κ1) is 50.5. The van der Waals surface area contributed by atoms with Gasteiger partial charge in [0.2, 0.25) is 0 Å². The van der Waals surface area contributed by atoms with Crippen LogP contribution in [0.1, 0.15) is 156 Å². The third kappa shape index (κ3) is 7.13. The van der Waals surface area contributed by atoms with Crippen LogP contribution >= 0.6 is 0 Å². The van der Waals surface area contributed by atoms with Gasteiger partial charge in [0.05, 0.1) is 0 Å². The smallest absolute Gasteiger partial charge is 0.00649 e. The first-order chi connectivity index (χ1) is 30.5. The largest absolute Gasteiger partial charge is 0.0444 e. The summed E-state index contributed by atoms with van der Waals surface area (Å²) in [6, 6.07) is 0. The molecular formula is C66H84. The third-order valence-corrected chi connectivity index (χ3v) is 18.9. The minimum atomic E-state index is 1.44. The van der Waals surface area contributed by atoms with Crippen LogP contribution in [0.5, 0.6) is 0 Å².